The Morgan fingerprint density at radius 1 is 0.868 bits per heavy atom. The van der Waals surface area contributed by atoms with Crippen LogP contribution < -0.4 is 4.74 Å². The number of benzene rings is 4. The molecule has 7 heteroatoms. The second-order valence-corrected chi connectivity index (χ2v) is 9.55. The molecule has 0 aliphatic carbocycles. The lowest BCUT2D eigenvalue weighted by Crippen LogP contribution is -2.21. The van der Waals surface area contributed by atoms with Crippen LogP contribution in [0.4, 0.5) is 5.69 Å². The maximum atomic E-state index is 11.2. The maximum absolute atomic E-state index is 11.2. The summed E-state index contributed by atoms with van der Waals surface area (Å²) in [5, 5.41) is 12.3. The highest BCUT2D eigenvalue weighted by Crippen LogP contribution is 2.35. The number of hydroxylamine groups is 2. The molecule has 1 N–H and O–H groups in total. The third-order valence-corrected chi connectivity index (χ3v) is 6.65. The molecule has 1 aliphatic rings. The number of carbonyl (C=O) groups is 1. The summed E-state index contributed by atoms with van der Waals surface area (Å²) in [7, 11) is 0. The lowest BCUT2D eigenvalue weighted by atomic mass is 10.1. The monoisotopic (exact) mass is 522 g/mol. The quantitative estimate of drug-likeness (QED) is 0.251. The number of nitrogens with zero attached hydrogens (tertiary/aromatic N) is 2. The molecule has 190 valence electrons. The summed E-state index contributed by atoms with van der Waals surface area (Å²) in [6, 6.07) is 34.6. The number of rotatable bonds is 9. The van der Waals surface area contributed by atoms with Crippen molar-refractivity contribution in [1.29, 1.82) is 0 Å². The van der Waals surface area contributed by atoms with Crippen molar-refractivity contribution in [3.63, 3.8) is 0 Å². The van der Waals surface area contributed by atoms with Crippen LogP contribution in [0.3, 0.4) is 0 Å². The van der Waals surface area contributed by atoms with Crippen LogP contribution in [0.15, 0.2) is 119 Å². The Balaban J connectivity index is 1.27. The summed E-state index contributed by atoms with van der Waals surface area (Å²) < 4.78 is 5.90. The van der Waals surface area contributed by atoms with Crippen molar-refractivity contribution in [1.82, 2.24) is 5.06 Å². The number of carboxylic acid groups (broad SMARTS) is 1. The largest absolute Gasteiger partial charge is 0.493 e. The topological polar surface area (TPSA) is 71.4 Å². The van der Waals surface area contributed by atoms with Crippen LogP contribution in [-0.2, 0) is 17.8 Å². The highest BCUT2D eigenvalue weighted by Gasteiger charge is 2.27. The summed E-state index contributed by atoms with van der Waals surface area (Å²) >= 11 is 1.44. The Bertz CT molecular complexity index is 1420. The molecule has 0 unspecified atom stereocenters. The second kappa shape index (κ2) is 12.2. The average molecular weight is 523 g/mol. The molecule has 4 aromatic carbocycles. The number of ether oxygens (including phenoxy) is 1. The van der Waals surface area contributed by atoms with Gasteiger partial charge in [0.15, 0.2) is 5.09 Å². The molecule has 1 saturated heterocycles. The van der Waals surface area contributed by atoms with Crippen molar-refractivity contribution in [2.24, 2.45) is 4.99 Å². The lowest BCUT2D eigenvalue weighted by Gasteiger charge is -2.16. The fourth-order valence-corrected chi connectivity index (χ4v) is 4.66. The van der Waals surface area contributed by atoms with E-state index in [1.807, 2.05) is 78.9 Å². The Labute approximate surface area is 225 Å². The minimum Gasteiger partial charge on any atom is -0.493 e. The van der Waals surface area contributed by atoms with Crippen molar-refractivity contribution in [2.75, 3.05) is 6.61 Å². The van der Waals surface area contributed by atoms with Gasteiger partial charge < -0.3 is 14.7 Å². The molecule has 1 heterocycles. The number of aromatic carboxylic acids is 1. The number of para-hydroxylation sites is 1. The zero-order chi connectivity index (χ0) is 26.2. The van der Waals surface area contributed by atoms with Crippen LogP contribution in [-0.4, -0.2) is 27.9 Å². The van der Waals surface area contributed by atoms with Gasteiger partial charge in [0, 0.05) is 6.42 Å². The lowest BCUT2D eigenvalue weighted by molar-refractivity contribution is -0.0338. The van der Waals surface area contributed by atoms with E-state index >= 15 is 0 Å². The number of hydrogen-bond donors (Lipinski definition) is 1. The van der Waals surface area contributed by atoms with Crippen LogP contribution in [0.25, 0.3) is 6.08 Å². The summed E-state index contributed by atoms with van der Waals surface area (Å²) in [4.78, 5) is 22.1. The Morgan fingerprint density at radius 3 is 2.24 bits per heavy atom. The number of thioether (sulfide) groups is 1. The van der Waals surface area contributed by atoms with Crippen LogP contribution >= 0.6 is 11.8 Å². The average Bonchev–Trinajstić information content (AvgIpc) is 3.31. The van der Waals surface area contributed by atoms with Crippen LogP contribution in [0.2, 0.25) is 0 Å². The molecular formula is C31H26N2O4S. The highest BCUT2D eigenvalue weighted by molar-refractivity contribution is 8.17. The highest BCUT2D eigenvalue weighted by atomic mass is 32.2. The fourth-order valence-electron chi connectivity index (χ4n) is 3.80. The minimum absolute atomic E-state index is 0.247. The van der Waals surface area contributed by atoms with Crippen LogP contribution in [0.1, 0.15) is 27.0 Å². The van der Waals surface area contributed by atoms with Gasteiger partial charge in [0.1, 0.15) is 5.75 Å². The zero-order valence-corrected chi connectivity index (χ0v) is 21.4. The van der Waals surface area contributed by atoms with E-state index in [0.29, 0.717) is 23.4 Å². The van der Waals surface area contributed by atoms with Gasteiger partial charge in [-0.25, -0.2) is 9.79 Å². The normalized spacial score (nSPS) is 15.0. The minimum atomic E-state index is -0.950. The molecule has 4 aromatic rings. The predicted molar refractivity (Wildman–Crippen MR) is 151 cm³/mol. The van der Waals surface area contributed by atoms with Gasteiger partial charge in [-0.15, -0.1) is 0 Å². The molecule has 0 aromatic heterocycles. The predicted octanol–water partition coefficient (Wildman–Crippen LogP) is 7.17. The SMILES string of the molecule is O=C(O)c1ccc(CN2O/C(=C/c3ccc(OCCc4ccccc4)cc3)SC2=Nc2ccccc2)cc1. The number of hydrogen-bond acceptors (Lipinski definition) is 5. The zero-order valence-electron chi connectivity index (χ0n) is 20.6. The molecule has 5 rings (SSSR count). The maximum Gasteiger partial charge on any atom is 0.335 e. The summed E-state index contributed by atoms with van der Waals surface area (Å²) in [5.41, 5.74) is 4.21. The smallest absolute Gasteiger partial charge is 0.335 e. The van der Waals surface area contributed by atoms with E-state index in [-0.39, 0.29) is 5.56 Å². The van der Waals surface area contributed by atoms with E-state index in [2.05, 4.69) is 12.1 Å². The van der Waals surface area contributed by atoms with Crippen LogP contribution in [0.5, 0.6) is 5.75 Å². The van der Waals surface area contributed by atoms with E-state index in [9.17, 15) is 9.90 Å². The van der Waals surface area contributed by atoms with Gasteiger partial charge in [-0.05, 0) is 70.9 Å². The second-order valence-electron chi connectivity index (χ2n) is 8.58. The van der Waals surface area contributed by atoms with Crippen molar-refractivity contribution in [3.05, 3.63) is 137 Å². The molecule has 0 saturated carbocycles. The number of carboxylic acids is 1. The summed E-state index contributed by atoms with van der Waals surface area (Å²) in [6.45, 7) is 1.04. The van der Waals surface area contributed by atoms with E-state index in [1.54, 1.807) is 29.3 Å². The molecule has 1 aliphatic heterocycles. The van der Waals surface area contributed by atoms with Gasteiger partial charge in [0.2, 0.25) is 5.17 Å². The van der Waals surface area contributed by atoms with Crippen molar-refractivity contribution in [3.8, 4) is 5.75 Å². The van der Waals surface area contributed by atoms with Crippen LogP contribution in [0, 0.1) is 0 Å². The van der Waals surface area contributed by atoms with Crippen molar-refractivity contribution >= 4 is 34.7 Å². The van der Waals surface area contributed by atoms with Gasteiger partial charge in [0.25, 0.3) is 0 Å². The molecule has 0 amide bonds. The molecule has 0 atom stereocenters. The molecule has 6 nitrogen and oxygen atoms in total. The Hall–Kier alpha value is -4.49. The number of aliphatic imine (C=N–C) groups is 1. The first kappa shape index (κ1) is 25.2. The molecular weight excluding hydrogens is 496 g/mol. The first-order chi connectivity index (χ1) is 18.6. The standard InChI is InChI=1S/C31H26N2O4S/c34-30(35)26-15-11-25(12-16-26)22-33-31(32-27-9-5-2-6-10-27)38-29(37-33)21-24-13-17-28(18-14-24)36-20-19-23-7-3-1-4-8-23/h1-18,21H,19-20,22H2,(H,34,35)/b29-21-,32-31?. The summed E-state index contributed by atoms with van der Waals surface area (Å²) in [5.74, 6) is -0.130. The summed E-state index contributed by atoms with van der Waals surface area (Å²) in [6.07, 6.45) is 2.82. The van der Waals surface area contributed by atoms with Gasteiger partial charge in [-0.2, -0.15) is 5.06 Å². The van der Waals surface area contributed by atoms with Gasteiger partial charge in [-0.1, -0.05) is 72.8 Å². The Morgan fingerprint density at radius 2 is 1.55 bits per heavy atom. The van der Waals surface area contributed by atoms with Gasteiger partial charge in [-0.3, -0.25) is 0 Å². The van der Waals surface area contributed by atoms with Gasteiger partial charge >= 0.3 is 5.97 Å². The first-order valence-electron chi connectivity index (χ1n) is 12.2. The van der Waals surface area contributed by atoms with E-state index in [0.717, 1.165) is 29.0 Å². The number of amidine groups is 1. The molecule has 38 heavy (non-hydrogen) atoms. The van der Waals surface area contributed by atoms with E-state index in [1.165, 1.54) is 17.3 Å². The third-order valence-electron chi connectivity index (χ3n) is 5.78. The third kappa shape index (κ3) is 6.83. The molecule has 0 spiro atoms. The van der Waals surface area contributed by atoms with E-state index < -0.39 is 5.97 Å². The Kier molecular flexibility index (Phi) is 8.06. The molecule has 0 radical (unpaired) electrons. The molecule has 0 bridgehead atoms. The molecule has 1 fully saturated rings. The fraction of sp³-hybridized carbons (Fsp3) is 0.0968. The first-order valence-corrected chi connectivity index (χ1v) is 13.0. The van der Waals surface area contributed by atoms with Crippen molar-refractivity contribution in [2.45, 2.75) is 13.0 Å². The van der Waals surface area contributed by atoms with Gasteiger partial charge in [0.05, 0.1) is 24.4 Å². The van der Waals surface area contributed by atoms with E-state index in [4.69, 9.17) is 14.6 Å². The van der Waals surface area contributed by atoms with Crippen molar-refractivity contribution < 1.29 is 19.5 Å².